The maximum absolute atomic E-state index is 12.8. The number of fused-ring (bicyclic) bond motifs is 2. The molecule has 3 heterocycles. The Morgan fingerprint density at radius 3 is 2.56 bits per heavy atom. The highest BCUT2D eigenvalue weighted by molar-refractivity contribution is 6.12. The molecule has 0 saturated heterocycles. The van der Waals surface area contributed by atoms with Crippen molar-refractivity contribution >= 4 is 51.3 Å². The predicted octanol–water partition coefficient (Wildman–Crippen LogP) is 2.99. The molecule has 0 spiro atoms. The van der Waals surface area contributed by atoms with Gasteiger partial charge in [0.25, 0.3) is 11.8 Å². The molecule has 3 aromatic heterocycles. The Hall–Kier alpha value is -4.86. The van der Waals surface area contributed by atoms with Gasteiger partial charge in [0, 0.05) is 17.8 Å². The Bertz CT molecular complexity index is 1490. The molecule has 5 N–H and O–H groups in total. The summed E-state index contributed by atoms with van der Waals surface area (Å²) in [5.74, 6) is -0.322. The van der Waals surface area contributed by atoms with Crippen molar-refractivity contribution in [2.45, 2.75) is 0 Å². The SMILES string of the molecule is Nc1nccc(NC(=O)c2cccc3[nH]c(NC(=O)c4cc5ccccc5cn4)nc23)n1. The summed E-state index contributed by atoms with van der Waals surface area (Å²) < 4.78 is 0. The number of rotatable bonds is 4. The number of nitrogens with zero attached hydrogens (tertiary/aromatic N) is 4. The number of imidazole rings is 1. The third kappa shape index (κ3) is 3.67. The fraction of sp³-hybridized carbons (Fsp3) is 0. The molecule has 0 radical (unpaired) electrons. The van der Waals surface area contributed by atoms with Crippen LogP contribution >= 0.6 is 0 Å². The Morgan fingerprint density at radius 1 is 0.875 bits per heavy atom. The second kappa shape index (κ2) is 7.76. The number of aromatic nitrogens is 5. The van der Waals surface area contributed by atoms with E-state index in [1.165, 1.54) is 12.3 Å². The van der Waals surface area contributed by atoms with Crippen LogP contribution in [0.3, 0.4) is 0 Å². The van der Waals surface area contributed by atoms with Gasteiger partial charge in [0.2, 0.25) is 11.9 Å². The van der Waals surface area contributed by atoms with Crippen LogP contribution in [0.4, 0.5) is 17.7 Å². The van der Waals surface area contributed by atoms with E-state index in [0.29, 0.717) is 16.6 Å². The smallest absolute Gasteiger partial charge is 0.276 e. The number of benzene rings is 2. The molecule has 5 rings (SSSR count). The number of nitrogens with one attached hydrogen (secondary N) is 3. The van der Waals surface area contributed by atoms with Crippen LogP contribution in [-0.4, -0.2) is 36.7 Å². The van der Waals surface area contributed by atoms with E-state index in [4.69, 9.17) is 5.73 Å². The molecular formula is C22H16N8O2. The Kier molecular flexibility index (Phi) is 4.64. The molecule has 0 aliphatic rings. The zero-order valence-corrected chi connectivity index (χ0v) is 16.5. The second-order valence-corrected chi connectivity index (χ2v) is 6.91. The van der Waals surface area contributed by atoms with E-state index in [2.05, 4.69) is 35.6 Å². The third-order valence-electron chi connectivity index (χ3n) is 4.77. The van der Waals surface area contributed by atoms with Crippen LogP contribution in [0, 0.1) is 0 Å². The van der Waals surface area contributed by atoms with Gasteiger partial charge in [-0.2, -0.15) is 4.98 Å². The quantitative estimate of drug-likeness (QED) is 0.346. The van der Waals surface area contributed by atoms with Gasteiger partial charge in [0.1, 0.15) is 17.0 Å². The minimum Gasteiger partial charge on any atom is -0.368 e. The fourth-order valence-electron chi connectivity index (χ4n) is 3.28. The standard InChI is InChI=1S/C22H16N8O2/c23-21-24-9-8-17(28-21)27-19(31)14-6-3-7-15-18(14)29-22(26-15)30-20(32)16-10-12-4-1-2-5-13(12)11-25-16/h1-11H,(H2,26,29,30,32)(H3,23,24,27,28,31). The van der Waals surface area contributed by atoms with Crippen LogP contribution in [0.2, 0.25) is 0 Å². The van der Waals surface area contributed by atoms with Crippen molar-refractivity contribution in [3.63, 3.8) is 0 Å². The van der Waals surface area contributed by atoms with Crippen molar-refractivity contribution in [2.24, 2.45) is 0 Å². The van der Waals surface area contributed by atoms with E-state index in [1.54, 1.807) is 30.5 Å². The van der Waals surface area contributed by atoms with Crippen LogP contribution in [0.5, 0.6) is 0 Å². The summed E-state index contributed by atoms with van der Waals surface area (Å²) in [4.78, 5) is 44.8. The summed E-state index contributed by atoms with van der Waals surface area (Å²) in [6.07, 6.45) is 3.09. The maximum atomic E-state index is 12.8. The molecule has 32 heavy (non-hydrogen) atoms. The van der Waals surface area contributed by atoms with Crippen LogP contribution in [0.15, 0.2) is 67.0 Å². The van der Waals surface area contributed by atoms with Gasteiger partial charge in [-0.3, -0.25) is 19.9 Å². The first-order chi connectivity index (χ1) is 15.6. The van der Waals surface area contributed by atoms with Crippen molar-refractivity contribution in [3.05, 3.63) is 78.2 Å². The van der Waals surface area contributed by atoms with Crippen molar-refractivity contribution in [1.82, 2.24) is 24.9 Å². The molecule has 0 aliphatic heterocycles. The predicted molar refractivity (Wildman–Crippen MR) is 120 cm³/mol. The van der Waals surface area contributed by atoms with Crippen LogP contribution in [-0.2, 0) is 0 Å². The zero-order chi connectivity index (χ0) is 22.1. The number of nitrogens with two attached hydrogens (primary N) is 1. The number of amides is 2. The van der Waals surface area contributed by atoms with E-state index in [1.807, 2.05) is 24.3 Å². The molecular weight excluding hydrogens is 408 g/mol. The highest BCUT2D eigenvalue weighted by Gasteiger charge is 2.16. The lowest BCUT2D eigenvalue weighted by atomic mass is 10.1. The summed E-state index contributed by atoms with van der Waals surface area (Å²) in [7, 11) is 0. The lowest BCUT2D eigenvalue weighted by Crippen LogP contribution is -2.15. The largest absolute Gasteiger partial charge is 0.368 e. The molecule has 0 unspecified atom stereocenters. The summed E-state index contributed by atoms with van der Waals surface area (Å²) in [6, 6.07) is 16.0. The summed E-state index contributed by atoms with van der Waals surface area (Å²) in [6.45, 7) is 0. The number of pyridine rings is 1. The topological polar surface area (TPSA) is 152 Å². The first kappa shape index (κ1) is 19.1. The normalized spacial score (nSPS) is 10.9. The average Bonchev–Trinajstić information content (AvgIpc) is 3.21. The first-order valence-corrected chi connectivity index (χ1v) is 9.61. The summed E-state index contributed by atoms with van der Waals surface area (Å²) >= 11 is 0. The average molecular weight is 424 g/mol. The van der Waals surface area contributed by atoms with Gasteiger partial charge < -0.3 is 16.0 Å². The number of carbonyl (C=O) groups is 2. The molecule has 10 heteroatoms. The van der Waals surface area contributed by atoms with Crippen molar-refractivity contribution < 1.29 is 9.59 Å². The van der Waals surface area contributed by atoms with E-state index in [-0.39, 0.29) is 23.4 Å². The molecule has 0 bridgehead atoms. The van der Waals surface area contributed by atoms with Gasteiger partial charge in [0.05, 0.1) is 11.1 Å². The third-order valence-corrected chi connectivity index (χ3v) is 4.77. The zero-order valence-electron chi connectivity index (χ0n) is 16.5. The van der Waals surface area contributed by atoms with Crippen LogP contribution in [0.25, 0.3) is 21.8 Å². The monoisotopic (exact) mass is 424 g/mol. The lowest BCUT2D eigenvalue weighted by molar-refractivity contribution is 0.101. The number of para-hydroxylation sites is 1. The van der Waals surface area contributed by atoms with Crippen LogP contribution < -0.4 is 16.4 Å². The fourth-order valence-corrected chi connectivity index (χ4v) is 3.28. The molecule has 0 atom stereocenters. The molecule has 0 saturated carbocycles. The molecule has 156 valence electrons. The first-order valence-electron chi connectivity index (χ1n) is 9.61. The number of nitrogen functional groups attached to an aromatic ring is 1. The molecule has 2 amide bonds. The number of H-pyrrole nitrogens is 1. The Morgan fingerprint density at radius 2 is 1.72 bits per heavy atom. The minimum atomic E-state index is -0.422. The highest BCUT2D eigenvalue weighted by Crippen LogP contribution is 2.21. The van der Waals surface area contributed by atoms with Gasteiger partial charge in [-0.25, -0.2) is 9.97 Å². The van der Waals surface area contributed by atoms with Gasteiger partial charge in [-0.05, 0) is 29.7 Å². The van der Waals surface area contributed by atoms with E-state index in [9.17, 15) is 9.59 Å². The van der Waals surface area contributed by atoms with Gasteiger partial charge in [-0.1, -0.05) is 30.3 Å². The molecule has 0 fully saturated rings. The van der Waals surface area contributed by atoms with E-state index >= 15 is 0 Å². The Balaban J connectivity index is 1.40. The van der Waals surface area contributed by atoms with Gasteiger partial charge >= 0.3 is 0 Å². The van der Waals surface area contributed by atoms with Crippen LogP contribution in [0.1, 0.15) is 20.8 Å². The van der Waals surface area contributed by atoms with Crippen molar-refractivity contribution in [1.29, 1.82) is 0 Å². The van der Waals surface area contributed by atoms with Crippen molar-refractivity contribution in [3.8, 4) is 0 Å². The number of aromatic amines is 1. The van der Waals surface area contributed by atoms with Gasteiger partial charge in [0.15, 0.2) is 0 Å². The van der Waals surface area contributed by atoms with Crippen molar-refractivity contribution in [2.75, 3.05) is 16.4 Å². The number of carbonyl (C=O) groups excluding carboxylic acids is 2. The highest BCUT2D eigenvalue weighted by atomic mass is 16.2. The van der Waals surface area contributed by atoms with E-state index in [0.717, 1.165) is 10.8 Å². The minimum absolute atomic E-state index is 0.0491. The van der Waals surface area contributed by atoms with Gasteiger partial charge in [-0.15, -0.1) is 0 Å². The summed E-state index contributed by atoms with van der Waals surface area (Å²) in [5, 5.41) is 7.20. The van der Waals surface area contributed by atoms with E-state index < -0.39 is 11.8 Å². The maximum Gasteiger partial charge on any atom is 0.276 e. The number of hydrogen-bond acceptors (Lipinski definition) is 7. The lowest BCUT2D eigenvalue weighted by Gasteiger charge is -2.05. The second-order valence-electron chi connectivity index (χ2n) is 6.91. The molecule has 10 nitrogen and oxygen atoms in total. The number of anilines is 3. The Labute approximate surface area is 180 Å². The number of hydrogen-bond donors (Lipinski definition) is 4. The summed E-state index contributed by atoms with van der Waals surface area (Å²) in [5.41, 5.74) is 7.10. The molecule has 5 aromatic rings. The molecule has 0 aliphatic carbocycles. The molecule has 2 aromatic carbocycles.